The molecule has 0 saturated heterocycles. The van der Waals surface area contributed by atoms with Crippen LogP contribution in [0.15, 0.2) is 36.5 Å². The van der Waals surface area contributed by atoms with Gasteiger partial charge in [0.05, 0.1) is 5.57 Å². The molecule has 0 radical (unpaired) electrons. The van der Waals surface area contributed by atoms with Gasteiger partial charge < -0.3 is 0 Å². The van der Waals surface area contributed by atoms with Crippen LogP contribution in [-0.4, -0.2) is 6.18 Å². The van der Waals surface area contributed by atoms with E-state index in [0.29, 0.717) is 0 Å². The van der Waals surface area contributed by atoms with Crippen molar-refractivity contribution in [2.45, 2.75) is 26.9 Å². The fraction of sp³-hybridized carbons (Fsp3) is 0.333. The van der Waals surface area contributed by atoms with Gasteiger partial charge in [0.15, 0.2) is 0 Å². The Morgan fingerprint density at radius 1 is 1.27 bits per heavy atom. The molecule has 15 heavy (non-hydrogen) atoms. The molecule has 0 unspecified atom stereocenters. The Labute approximate surface area is 89.2 Å². The third kappa shape index (κ3) is 7.63. The minimum Gasteiger partial charge on any atom is -0.166 e. The molecule has 0 aliphatic heterocycles. The largest absolute Gasteiger partial charge is 0.416 e. The van der Waals surface area contributed by atoms with Crippen molar-refractivity contribution in [3.63, 3.8) is 0 Å². The zero-order chi connectivity index (χ0) is 12.5. The Morgan fingerprint density at radius 2 is 1.73 bits per heavy atom. The second-order valence-electron chi connectivity index (χ2n) is 2.20. The first-order chi connectivity index (χ1) is 6.91. The standard InChI is InChI=1S/C10H9F3.C2H6/c1-4-6-8(3)7-9(5-2)10(11,12)13;1-2/h5,7H,2-3H2,1H3;1-2H3/b9-7+;. The van der Waals surface area contributed by atoms with Gasteiger partial charge in [0.1, 0.15) is 0 Å². The van der Waals surface area contributed by atoms with Crippen molar-refractivity contribution in [3.8, 4) is 11.8 Å². The predicted molar refractivity (Wildman–Crippen MR) is 58.3 cm³/mol. The molecule has 0 fully saturated rings. The summed E-state index contributed by atoms with van der Waals surface area (Å²) in [6.45, 7) is 11.9. The minimum absolute atomic E-state index is 0.120. The molecule has 0 atom stereocenters. The van der Waals surface area contributed by atoms with Crippen LogP contribution < -0.4 is 0 Å². The highest BCUT2D eigenvalue weighted by Gasteiger charge is 2.31. The van der Waals surface area contributed by atoms with E-state index in [1.165, 1.54) is 6.92 Å². The molecular formula is C12H15F3. The van der Waals surface area contributed by atoms with Crippen molar-refractivity contribution < 1.29 is 13.2 Å². The SMILES string of the molecule is C=C/C(=C\C(=C)C#CC)C(F)(F)F.CC. The third-order valence-electron chi connectivity index (χ3n) is 1.16. The number of halogens is 3. The van der Waals surface area contributed by atoms with Gasteiger partial charge in [-0.15, -0.1) is 5.92 Å². The molecule has 0 aliphatic carbocycles. The van der Waals surface area contributed by atoms with Crippen molar-refractivity contribution in [2.24, 2.45) is 0 Å². The molecule has 84 valence electrons. The van der Waals surface area contributed by atoms with Crippen LogP contribution in [0.2, 0.25) is 0 Å². The smallest absolute Gasteiger partial charge is 0.166 e. The summed E-state index contributed by atoms with van der Waals surface area (Å²) in [5.41, 5.74) is -0.713. The van der Waals surface area contributed by atoms with Gasteiger partial charge in [0.25, 0.3) is 0 Å². The monoisotopic (exact) mass is 216 g/mol. The van der Waals surface area contributed by atoms with Crippen molar-refractivity contribution >= 4 is 0 Å². The highest BCUT2D eigenvalue weighted by atomic mass is 19.4. The number of rotatable bonds is 2. The average molecular weight is 216 g/mol. The summed E-state index contributed by atoms with van der Waals surface area (Å²) in [4.78, 5) is 0. The summed E-state index contributed by atoms with van der Waals surface area (Å²) in [7, 11) is 0. The molecule has 0 rings (SSSR count). The molecule has 0 aromatic heterocycles. The number of hydrogen-bond acceptors (Lipinski definition) is 0. The van der Waals surface area contributed by atoms with Crippen molar-refractivity contribution in [3.05, 3.63) is 36.5 Å². The lowest BCUT2D eigenvalue weighted by molar-refractivity contribution is -0.0881. The Bertz CT molecular complexity index is 295. The lowest BCUT2D eigenvalue weighted by Crippen LogP contribution is -2.09. The molecule has 3 heteroatoms. The lowest BCUT2D eigenvalue weighted by Gasteiger charge is -2.05. The van der Waals surface area contributed by atoms with Gasteiger partial charge in [-0.3, -0.25) is 0 Å². The van der Waals surface area contributed by atoms with E-state index < -0.39 is 11.7 Å². The van der Waals surface area contributed by atoms with Crippen molar-refractivity contribution in [1.82, 2.24) is 0 Å². The molecule has 0 amide bonds. The van der Waals surface area contributed by atoms with Crippen LogP contribution in [0.1, 0.15) is 20.8 Å². The molecule has 0 spiro atoms. The normalized spacial score (nSPS) is 10.4. The van der Waals surface area contributed by atoms with Crippen molar-refractivity contribution in [2.75, 3.05) is 0 Å². The van der Waals surface area contributed by atoms with E-state index in [0.717, 1.165) is 12.2 Å². The van der Waals surface area contributed by atoms with Gasteiger partial charge in [-0.05, 0) is 13.0 Å². The van der Waals surface area contributed by atoms with E-state index in [1.807, 2.05) is 13.8 Å². The maximum Gasteiger partial charge on any atom is 0.416 e. The molecule has 0 aromatic carbocycles. The van der Waals surface area contributed by atoms with Gasteiger partial charge in [0.2, 0.25) is 0 Å². The molecule has 0 aliphatic rings. The van der Waals surface area contributed by atoms with Crippen LogP contribution in [0.5, 0.6) is 0 Å². The van der Waals surface area contributed by atoms with Crippen LogP contribution >= 0.6 is 0 Å². The van der Waals surface area contributed by atoms with E-state index in [-0.39, 0.29) is 5.57 Å². The van der Waals surface area contributed by atoms with Gasteiger partial charge in [-0.25, -0.2) is 0 Å². The third-order valence-corrected chi connectivity index (χ3v) is 1.16. The average Bonchev–Trinajstić information content (AvgIpc) is 2.16. The Kier molecular flexibility index (Phi) is 8.46. The van der Waals surface area contributed by atoms with Gasteiger partial charge in [-0.1, -0.05) is 39.0 Å². The Balaban J connectivity index is 0. The molecule has 0 N–H and O–H groups in total. The number of allylic oxidation sites excluding steroid dienone is 4. The van der Waals surface area contributed by atoms with Crippen LogP contribution in [0, 0.1) is 11.8 Å². The predicted octanol–water partition coefficient (Wildman–Crippen LogP) is 4.27. The summed E-state index contributed by atoms with van der Waals surface area (Å²) in [5.74, 6) is 4.87. The maximum atomic E-state index is 12.1. The molecule has 0 heterocycles. The van der Waals surface area contributed by atoms with Crippen LogP contribution in [-0.2, 0) is 0 Å². The highest BCUT2D eigenvalue weighted by molar-refractivity contribution is 5.41. The topological polar surface area (TPSA) is 0 Å². The fourth-order valence-corrected chi connectivity index (χ4v) is 0.641. The van der Waals surface area contributed by atoms with E-state index in [2.05, 4.69) is 25.0 Å². The minimum atomic E-state index is -4.39. The zero-order valence-corrected chi connectivity index (χ0v) is 9.20. The van der Waals surface area contributed by atoms with Crippen LogP contribution in [0.4, 0.5) is 13.2 Å². The fourth-order valence-electron chi connectivity index (χ4n) is 0.641. The lowest BCUT2D eigenvalue weighted by atomic mass is 10.1. The number of alkyl halides is 3. The quantitative estimate of drug-likeness (QED) is 0.477. The zero-order valence-electron chi connectivity index (χ0n) is 9.20. The van der Waals surface area contributed by atoms with Gasteiger partial charge in [0, 0.05) is 5.57 Å². The molecular weight excluding hydrogens is 201 g/mol. The van der Waals surface area contributed by atoms with E-state index in [1.54, 1.807) is 0 Å². The molecule has 0 saturated carbocycles. The van der Waals surface area contributed by atoms with Gasteiger partial charge in [-0.2, -0.15) is 13.2 Å². The Morgan fingerprint density at radius 3 is 2.00 bits per heavy atom. The summed E-state index contributed by atoms with van der Waals surface area (Å²) < 4.78 is 36.3. The van der Waals surface area contributed by atoms with E-state index >= 15 is 0 Å². The van der Waals surface area contributed by atoms with Crippen molar-refractivity contribution in [1.29, 1.82) is 0 Å². The molecule has 0 nitrogen and oxygen atoms in total. The molecule has 0 bridgehead atoms. The van der Waals surface area contributed by atoms with E-state index in [4.69, 9.17) is 0 Å². The van der Waals surface area contributed by atoms with Crippen LogP contribution in [0.25, 0.3) is 0 Å². The first kappa shape index (κ1) is 16.0. The first-order valence-electron chi connectivity index (χ1n) is 4.44. The Hall–Kier alpha value is -1.43. The summed E-state index contributed by atoms with van der Waals surface area (Å²) >= 11 is 0. The van der Waals surface area contributed by atoms with E-state index in [9.17, 15) is 13.2 Å². The van der Waals surface area contributed by atoms with Crippen LogP contribution in [0.3, 0.4) is 0 Å². The summed E-state index contributed by atoms with van der Waals surface area (Å²) in [6.07, 6.45) is -2.79. The second-order valence-corrected chi connectivity index (χ2v) is 2.20. The molecule has 0 aromatic rings. The summed E-state index contributed by atoms with van der Waals surface area (Å²) in [5, 5.41) is 0. The maximum absolute atomic E-state index is 12.1. The summed E-state index contributed by atoms with van der Waals surface area (Å²) in [6, 6.07) is 0. The van der Waals surface area contributed by atoms with Gasteiger partial charge >= 0.3 is 6.18 Å². The number of hydrogen-bond donors (Lipinski definition) is 0. The first-order valence-corrected chi connectivity index (χ1v) is 4.44. The second kappa shape index (κ2) is 7.93. The highest BCUT2D eigenvalue weighted by Crippen LogP contribution is 2.26.